The first kappa shape index (κ1) is 14.0. The van der Waals surface area contributed by atoms with Crippen molar-refractivity contribution in [1.29, 1.82) is 0 Å². The van der Waals surface area contributed by atoms with Gasteiger partial charge in [0, 0.05) is 23.3 Å². The minimum absolute atomic E-state index is 0.306. The summed E-state index contributed by atoms with van der Waals surface area (Å²) in [6.07, 6.45) is 1.02. The zero-order valence-corrected chi connectivity index (χ0v) is 12.1. The fourth-order valence-corrected chi connectivity index (χ4v) is 2.35. The Morgan fingerprint density at radius 3 is 2.68 bits per heavy atom. The van der Waals surface area contributed by atoms with Crippen LogP contribution in [-0.2, 0) is 6.54 Å². The summed E-state index contributed by atoms with van der Waals surface area (Å²) in [6.45, 7) is 4.95. The maximum atomic E-state index is 6.04. The van der Waals surface area contributed by atoms with Crippen molar-refractivity contribution in [2.75, 3.05) is 0 Å². The standard InChI is InChI=1S/C16H19ClN2/c1-3-16(13-7-5-8-14(17)10-13)18-11-15-9-4-6-12(2)19-15/h4-10,16,18H,3,11H2,1-2H3. The summed E-state index contributed by atoms with van der Waals surface area (Å²) in [5, 5.41) is 4.32. The van der Waals surface area contributed by atoms with Crippen LogP contribution in [0.15, 0.2) is 42.5 Å². The van der Waals surface area contributed by atoms with E-state index >= 15 is 0 Å². The van der Waals surface area contributed by atoms with Crippen LogP contribution in [0.25, 0.3) is 0 Å². The molecule has 0 radical (unpaired) electrons. The van der Waals surface area contributed by atoms with Crippen LogP contribution in [-0.4, -0.2) is 4.98 Å². The molecule has 0 bridgehead atoms. The summed E-state index contributed by atoms with van der Waals surface area (Å²) in [7, 11) is 0. The van der Waals surface area contributed by atoms with Crippen LogP contribution in [0.4, 0.5) is 0 Å². The highest BCUT2D eigenvalue weighted by molar-refractivity contribution is 6.30. The van der Waals surface area contributed by atoms with Gasteiger partial charge in [-0.05, 0) is 43.2 Å². The molecule has 3 heteroatoms. The Morgan fingerprint density at radius 1 is 1.21 bits per heavy atom. The van der Waals surface area contributed by atoms with Crippen LogP contribution in [0.3, 0.4) is 0 Å². The first-order chi connectivity index (χ1) is 9.19. The first-order valence-electron chi connectivity index (χ1n) is 6.60. The molecule has 0 saturated carbocycles. The van der Waals surface area contributed by atoms with Gasteiger partial charge >= 0.3 is 0 Å². The molecule has 1 aromatic carbocycles. The zero-order valence-electron chi connectivity index (χ0n) is 11.4. The van der Waals surface area contributed by atoms with Crippen molar-refractivity contribution < 1.29 is 0 Å². The fraction of sp³-hybridized carbons (Fsp3) is 0.312. The van der Waals surface area contributed by atoms with Gasteiger partial charge in [0.1, 0.15) is 0 Å². The maximum absolute atomic E-state index is 6.04. The van der Waals surface area contributed by atoms with Crippen molar-refractivity contribution in [3.8, 4) is 0 Å². The van der Waals surface area contributed by atoms with Gasteiger partial charge in [-0.25, -0.2) is 0 Å². The van der Waals surface area contributed by atoms with Gasteiger partial charge in [-0.15, -0.1) is 0 Å². The molecule has 2 aromatic rings. The molecule has 0 amide bonds. The van der Waals surface area contributed by atoms with Crippen molar-refractivity contribution in [2.45, 2.75) is 32.9 Å². The predicted molar refractivity (Wildman–Crippen MR) is 80.3 cm³/mol. The van der Waals surface area contributed by atoms with Crippen molar-refractivity contribution in [1.82, 2.24) is 10.3 Å². The van der Waals surface area contributed by atoms with Gasteiger partial charge in [0.15, 0.2) is 0 Å². The number of nitrogens with one attached hydrogen (secondary N) is 1. The fourth-order valence-electron chi connectivity index (χ4n) is 2.15. The highest BCUT2D eigenvalue weighted by Crippen LogP contribution is 2.20. The third kappa shape index (κ3) is 4.05. The first-order valence-corrected chi connectivity index (χ1v) is 6.98. The lowest BCUT2D eigenvalue weighted by atomic mass is 10.0. The second-order valence-corrected chi connectivity index (χ2v) is 5.10. The van der Waals surface area contributed by atoms with Gasteiger partial charge in [0.2, 0.25) is 0 Å². The molecule has 2 rings (SSSR count). The molecular formula is C16H19ClN2. The van der Waals surface area contributed by atoms with Gasteiger partial charge in [0.05, 0.1) is 5.69 Å². The number of halogens is 1. The molecule has 0 saturated heterocycles. The molecule has 0 aliphatic heterocycles. The van der Waals surface area contributed by atoms with E-state index < -0.39 is 0 Å². The molecule has 100 valence electrons. The molecule has 0 aliphatic carbocycles. The Balaban J connectivity index is 2.04. The number of hydrogen-bond acceptors (Lipinski definition) is 2. The van der Waals surface area contributed by atoms with Crippen LogP contribution < -0.4 is 5.32 Å². The number of nitrogens with zero attached hydrogens (tertiary/aromatic N) is 1. The van der Waals surface area contributed by atoms with E-state index in [1.807, 2.05) is 43.3 Å². The normalized spacial score (nSPS) is 12.4. The predicted octanol–water partition coefficient (Wildman–Crippen LogP) is 4.28. The SMILES string of the molecule is CCC(NCc1cccc(C)n1)c1cccc(Cl)c1. The highest BCUT2D eigenvalue weighted by Gasteiger charge is 2.09. The Kier molecular flexibility index (Phi) is 4.94. The monoisotopic (exact) mass is 274 g/mol. The van der Waals surface area contributed by atoms with Crippen LogP contribution in [0.5, 0.6) is 0 Å². The minimum Gasteiger partial charge on any atom is -0.304 e. The van der Waals surface area contributed by atoms with Crippen LogP contribution in [0, 0.1) is 6.92 Å². The number of benzene rings is 1. The Bertz CT molecular complexity index is 540. The molecule has 2 nitrogen and oxygen atoms in total. The average molecular weight is 275 g/mol. The third-order valence-corrected chi connectivity index (χ3v) is 3.37. The molecule has 0 fully saturated rings. The van der Waals surface area contributed by atoms with E-state index in [0.717, 1.165) is 29.4 Å². The number of rotatable bonds is 5. The van der Waals surface area contributed by atoms with Crippen molar-refractivity contribution in [3.63, 3.8) is 0 Å². The van der Waals surface area contributed by atoms with Crippen molar-refractivity contribution in [2.24, 2.45) is 0 Å². The summed E-state index contributed by atoms with van der Waals surface area (Å²) in [6, 6.07) is 14.4. The molecule has 0 aliphatic rings. The summed E-state index contributed by atoms with van der Waals surface area (Å²) < 4.78 is 0. The van der Waals surface area contributed by atoms with E-state index in [4.69, 9.17) is 11.6 Å². The number of aromatic nitrogens is 1. The van der Waals surface area contributed by atoms with Gasteiger partial charge in [-0.1, -0.05) is 36.7 Å². The quantitative estimate of drug-likeness (QED) is 0.880. The lowest BCUT2D eigenvalue weighted by Gasteiger charge is -2.17. The van der Waals surface area contributed by atoms with Crippen LogP contribution >= 0.6 is 11.6 Å². The van der Waals surface area contributed by atoms with Gasteiger partial charge in [-0.3, -0.25) is 4.98 Å². The van der Waals surface area contributed by atoms with E-state index in [9.17, 15) is 0 Å². The Hall–Kier alpha value is -1.38. The maximum Gasteiger partial charge on any atom is 0.0545 e. The van der Waals surface area contributed by atoms with E-state index in [0.29, 0.717) is 6.04 Å². The second kappa shape index (κ2) is 6.69. The number of hydrogen-bond donors (Lipinski definition) is 1. The molecule has 19 heavy (non-hydrogen) atoms. The topological polar surface area (TPSA) is 24.9 Å². The van der Waals surface area contributed by atoms with Crippen LogP contribution in [0.1, 0.15) is 36.3 Å². The molecular weight excluding hydrogens is 256 g/mol. The van der Waals surface area contributed by atoms with Gasteiger partial charge in [-0.2, -0.15) is 0 Å². The molecule has 1 aromatic heterocycles. The second-order valence-electron chi connectivity index (χ2n) is 4.67. The summed E-state index contributed by atoms with van der Waals surface area (Å²) >= 11 is 6.04. The Labute approximate surface area is 119 Å². The smallest absolute Gasteiger partial charge is 0.0545 e. The third-order valence-electron chi connectivity index (χ3n) is 3.13. The van der Waals surface area contributed by atoms with E-state index in [1.165, 1.54) is 5.56 Å². The number of aryl methyl sites for hydroxylation is 1. The highest BCUT2D eigenvalue weighted by atomic mass is 35.5. The molecule has 1 N–H and O–H groups in total. The zero-order chi connectivity index (χ0) is 13.7. The van der Waals surface area contributed by atoms with E-state index in [-0.39, 0.29) is 0 Å². The van der Waals surface area contributed by atoms with E-state index in [1.54, 1.807) is 0 Å². The summed E-state index contributed by atoms with van der Waals surface area (Å²) in [5.74, 6) is 0. The number of pyridine rings is 1. The minimum atomic E-state index is 0.306. The molecule has 1 unspecified atom stereocenters. The van der Waals surface area contributed by atoms with Gasteiger partial charge in [0.25, 0.3) is 0 Å². The Morgan fingerprint density at radius 2 is 2.00 bits per heavy atom. The molecule has 1 atom stereocenters. The largest absolute Gasteiger partial charge is 0.304 e. The van der Waals surface area contributed by atoms with Crippen molar-refractivity contribution in [3.05, 3.63) is 64.4 Å². The van der Waals surface area contributed by atoms with E-state index in [2.05, 4.69) is 23.3 Å². The molecule has 1 heterocycles. The van der Waals surface area contributed by atoms with Crippen molar-refractivity contribution >= 4 is 11.6 Å². The van der Waals surface area contributed by atoms with Gasteiger partial charge < -0.3 is 5.32 Å². The lowest BCUT2D eigenvalue weighted by molar-refractivity contribution is 0.514. The average Bonchev–Trinajstić information content (AvgIpc) is 2.40. The van der Waals surface area contributed by atoms with Crippen LogP contribution in [0.2, 0.25) is 5.02 Å². The lowest BCUT2D eigenvalue weighted by Crippen LogP contribution is -2.20. The summed E-state index contributed by atoms with van der Waals surface area (Å²) in [4.78, 5) is 4.50. The molecule has 0 spiro atoms. The summed E-state index contributed by atoms with van der Waals surface area (Å²) in [5.41, 5.74) is 3.35.